The molecule has 0 radical (unpaired) electrons. The van der Waals surface area contributed by atoms with Crippen molar-refractivity contribution in [3.63, 3.8) is 0 Å². The van der Waals surface area contributed by atoms with Crippen molar-refractivity contribution in [3.05, 3.63) is 81.4 Å². The van der Waals surface area contributed by atoms with Gasteiger partial charge in [-0.3, -0.25) is 0 Å². The second-order valence-electron chi connectivity index (χ2n) is 8.21. The molecular formula is C25H24ClN3O5S. The van der Waals surface area contributed by atoms with E-state index < -0.39 is 9.84 Å². The Morgan fingerprint density at radius 3 is 2.80 bits per heavy atom. The van der Waals surface area contributed by atoms with Crippen LogP contribution in [0.25, 0.3) is 0 Å². The van der Waals surface area contributed by atoms with Crippen molar-refractivity contribution in [2.75, 3.05) is 12.9 Å². The predicted octanol–water partition coefficient (Wildman–Crippen LogP) is 4.53. The summed E-state index contributed by atoms with van der Waals surface area (Å²) in [6.45, 7) is 3.02. The van der Waals surface area contributed by atoms with Crippen molar-refractivity contribution in [3.8, 4) is 17.6 Å². The molecule has 1 aliphatic heterocycles. The fourth-order valence-electron chi connectivity index (χ4n) is 3.77. The molecule has 1 atom stereocenters. The zero-order chi connectivity index (χ0) is 25.0. The molecule has 0 fully saturated rings. The number of nitrogens with zero attached hydrogens (tertiary/aromatic N) is 3. The Labute approximate surface area is 209 Å². The van der Waals surface area contributed by atoms with E-state index in [2.05, 4.69) is 16.0 Å². The highest BCUT2D eigenvalue weighted by molar-refractivity contribution is 7.89. The molecule has 0 spiro atoms. The lowest BCUT2D eigenvalue weighted by atomic mass is 9.97. The highest BCUT2D eigenvalue weighted by atomic mass is 35.5. The molecule has 0 bridgehead atoms. The Kier molecular flexibility index (Phi) is 7.55. The lowest BCUT2D eigenvalue weighted by Crippen LogP contribution is -2.08. The molecule has 3 aromatic rings. The van der Waals surface area contributed by atoms with E-state index in [4.69, 9.17) is 25.8 Å². The van der Waals surface area contributed by atoms with Crippen LogP contribution in [0.15, 0.2) is 42.6 Å². The average molecular weight is 514 g/mol. The van der Waals surface area contributed by atoms with E-state index in [0.717, 1.165) is 29.4 Å². The monoisotopic (exact) mass is 513 g/mol. The van der Waals surface area contributed by atoms with Crippen molar-refractivity contribution in [2.24, 2.45) is 0 Å². The first-order valence-electron chi connectivity index (χ1n) is 11.0. The molecule has 0 saturated heterocycles. The van der Waals surface area contributed by atoms with Gasteiger partial charge in [0.15, 0.2) is 15.6 Å². The molecule has 182 valence electrons. The first kappa shape index (κ1) is 24.9. The topological polar surface area (TPSA) is 111 Å². The number of nitriles is 1. The van der Waals surface area contributed by atoms with Crippen LogP contribution in [0.2, 0.25) is 5.02 Å². The molecule has 2 aromatic carbocycles. The summed E-state index contributed by atoms with van der Waals surface area (Å²) in [6, 6.07) is 13.0. The minimum Gasteiger partial charge on any atom is -0.491 e. The van der Waals surface area contributed by atoms with Crippen molar-refractivity contribution in [2.45, 2.75) is 38.4 Å². The third-order valence-corrected chi connectivity index (χ3v) is 6.35. The number of halogens is 1. The number of ether oxygens (including phenoxy) is 3. The Bertz CT molecular complexity index is 1390. The van der Waals surface area contributed by atoms with Gasteiger partial charge in [-0.2, -0.15) is 5.26 Å². The van der Waals surface area contributed by atoms with E-state index in [9.17, 15) is 13.7 Å². The third kappa shape index (κ3) is 6.09. The summed E-state index contributed by atoms with van der Waals surface area (Å²) in [7, 11) is -3.22. The van der Waals surface area contributed by atoms with Gasteiger partial charge in [-0.05, 0) is 53.4 Å². The second-order valence-corrected chi connectivity index (χ2v) is 10.8. The zero-order valence-corrected chi connectivity index (χ0v) is 20.9. The summed E-state index contributed by atoms with van der Waals surface area (Å²) in [5.41, 5.74) is 3.67. The van der Waals surface area contributed by atoms with E-state index in [-0.39, 0.29) is 24.3 Å². The van der Waals surface area contributed by atoms with Gasteiger partial charge in [-0.25, -0.2) is 18.4 Å². The van der Waals surface area contributed by atoms with Crippen LogP contribution in [0.4, 0.5) is 0 Å². The van der Waals surface area contributed by atoms with E-state index in [1.54, 1.807) is 18.2 Å². The highest BCUT2D eigenvalue weighted by Crippen LogP contribution is 2.41. The fourth-order valence-corrected chi connectivity index (χ4v) is 4.66. The van der Waals surface area contributed by atoms with E-state index in [1.807, 2.05) is 25.1 Å². The molecule has 0 saturated carbocycles. The second kappa shape index (κ2) is 10.6. The van der Waals surface area contributed by atoms with Gasteiger partial charge in [0.1, 0.15) is 36.1 Å². The number of sulfone groups is 1. The van der Waals surface area contributed by atoms with Gasteiger partial charge in [-0.1, -0.05) is 24.6 Å². The molecular weight excluding hydrogens is 490 g/mol. The summed E-state index contributed by atoms with van der Waals surface area (Å²) >= 11 is 6.43. The Hall–Kier alpha value is -3.19. The smallest absolute Gasteiger partial charge is 0.155 e. The average Bonchev–Trinajstić information content (AvgIpc) is 3.24. The predicted molar refractivity (Wildman–Crippen MR) is 130 cm³/mol. The molecule has 1 aromatic heterocycles. The maximum absolute atomic E-state index is 11.5. The number of rotatable bonds is 9. The van der Waals surface area contributed by atoms with Crippen molar-refractivity contribution in [1.82, 2.24) is 9.97 Å². The van der Waals surface area contributed by atoms with Crippen molar-refractivity contribution < 1.29 is 22.6 Å². The van der Waals surface area contributed by atoms with E-state index >= 15 is 0 Å². The van der Waals surface area contributed by atoms with Crippen LogP contribution in [-0.4, -0.2) is 31.2 Å². The number of benzene rings is 2. The van der Waals surface area contributed by atoms with Crippen LogP contribution in [-0.2, 0) is 33.5 Å². The van der Waals surface area contributed by atoms with Crippen molar-refractivity contribution >= 4 is 21.4 Å². The van der Waals surface area contributed by atoms with E-state index in [0.29, 0.717) is 41.0 Å². The molecule has 1 aliphatic rings. The van der Waals surface area contributed by atoms with Crippen LogP contribution in [0.3, 0.4) is 0 Å². The van der Waals surface area contributed by atoms with Gasteiger partial charge >= 0.3 is 0 Å². The minimum absolute atomic E-state index is 0.169. The maximum Gasteiger partial charge on any atom is 0.155 e. The lowest BCUT2D eigenvalue weighted by Gasteiger charge is -2.16. The van der Waals surface area contributed by atoms with Gasteiger partial charge in [0.2, 0.25) is 0 Å². The summed E-state index contributed by atoms with van der Waals surface area (Å²) in [4.78, 5) is 8.26. The quantitative estimate of drug-likeness (QED) is 0.410. The number of aromatic nitrogens is 2. The molecule has 4 rings (SSSR count). The first-order chi connectivity index (χ1) is 16.8. The summed E-state index contributed by atoms with van der Waals surface area (Å²) in [6.07, 6.45) is 3.12. The van der Waals surface area contributed by atoms with Gasteiger partial charge in [0.05, 0.1) is 29.5 Å². The fraction of sp³-hybridized carbons (Fsp3) is 0.320. The lowest BCUT2D eigenvalue weighted by molar-refractivity contribution is 0.0938. The molecule has 0 aliphatic carbocycles. The van der Waals surface area contributed by atoms with Crippen LogP contribution in [0, 0.1) is 11.3 Å². The number of fused-ring (bicyclic) bond motifs is 1. The molecule has 8 nitrogen and oxygen atoms in total. The van der Waals surface area contributed by atoms with Gasteiger partial charge in [0, 0.05) is 12.5 Å². The Morgan fingerprint density at radius 1 is 1.23 bits per heavy atom. The summed E-state index contributed by atoms with van der Waals surface area (Å²) < 4.78 is 40.5. The first-order valence-corrected chi connectivity index (χ1v) is 13.4. The Morgan fingerprint density at radius 2 is 2.06 bits per heavy atom. The molecule has 1 unspecified atom stereocenters. The number of hydrogen-bond acceptors (Lipinski definition) is 8. The van der Waals surface area contributed by atoms with Crippen LogP contribution in [0.1, 0.15) is 53.2 Å². The minimum atomic E-state index is -3.22. The largest absolute Gasteiger partial charge is 0.491 e. The van der Waals surface area contributed by atoms with Crippen LogP contribution < -0.4 is 9.47 Å². The summed E-state index contributed by atoms with van der Waals surface area (Å²) in [5, 5.41) is 9.96. The zero-order valence-electron chi connectivity index (χ0n) is 19.3. The molecule has 2 heterocycles. The van der Waals surface area contributed by atoms with Crippen LogP contribution >= 0.6 is 11.6 Å². The summed E-state index contributed by atoms with van der Waals surface area (Å²) in [5.74, 6) is 1.04. The third-order valence-electron chi connectivity index (χ3n) is 5.28. The number of hydrogen-bond donors (Lipinski definition) is 0. The standard InChI is InChI=1S/C25H24ClN3O5S/c1-3-8-32-25-17(12-27)9-16(11-22(25)26)24-21-5-4-20(10-18(21)13-34-24)33-14-19-6-7-28-23(29-19)15-35(2,30)31/h4-7,9-11,24H,3,8,13-15H2,1-2H3. The molecule has 0 N–H and O–H groups in total. The SMILES string of the molecule is CCCOc1c(Cl)cc(C2OCc3cc(OCc4ccnc(CS(C)(=O)=O)n4)ccc32)cc1C#N. The van der Waals surface area contributed by atoms with Crippen LogP contribution in [0.5, 0.6) is 11.5 Å². The van der Waals surface area contributed by atoms with Gasteiger partial charge < -0.3 is 14.2 Å². The molecule has 10 heteroatoms. The normalized spacial score (nSPS) is 14.9. The Balaban J connectivity index is 1.49. The molecule has 35 heavy (non-hydrogen) atoms. The van der Waals surface area contributed by atoms with Gasteiger partial charge in [-0.15, -0.1) is 0 Å². The molecule has 0 amide bonds. The van der Waals surface area contributed by atoms with Gasteiger partial charge in [0.25, 0.3) is 0 Å². The maximum atomic E-state index is 11.5. The van der Waals surface area contributed by atoms with E-state index in [1.165, 1.54) is 6.20 Å². The highest BCUT2D eigenvalue weighted by Gasteiger charge is 2.27. The van der Waals surface area contributed by atoms with Crippen molar-refractivity contribution in [1.29, 1.82) is 5.26 Å².